The van der Waals surface area contributed by atoms with E-state index in [1.165, 1.54) is 22.4 Å². The van der Waals surface area contributed by atoms with Crippen LogP contribution in [0.25, 0.3) is 0 Å². The van der Waals surface area contributed by atoms with E-state index in [2.05, 4.69) is 242 Å². The summed E-state index contributed by atoms with van der Waals surface area (Å²) < 4.78 is 0. The Morgan fingerprint density at radius 1 is 0.938 bits per heavy atom. The number of allylic oxidation sites excluding steroid dienone is 23. The lowest BCUT2D eigenvalue weighted by Gasteiger charge is -2.35. The number of nitrogens with zero attached hydrogens (tertiary/aromatic N) is 2. The Kier molecular flexibility index (Phi) is 25.7. The molecule has 2 aliphatic rings. The van der Waals surface area contributed by atoms with E-state index in [-0.39, 0.29) is 6.04 Å². The third-order valence-corrected chi connectivity index (χ3v) is 11.7. The molecule has 0 amide bonds. The van der Waals surface area contributed by atoms with Gasteiger partial charge in [-0.3, -0.25) is 0 Å². The molecule has 0 aromatic heterocycles. The number of hydrogen-bond acceptors (Lipinski definition) is 3. The third kappa shape index (κ3) is 19.9. The second-order valence-electron chi connectivity index (χ2n) is 17.5. The monoisotopic (exact) mass is 870 g/mol. The average Bonchev–Trinajstić information content (AvgIpc) is 3.58. The first-order valence-corrected chi connectivity index (χ1v) is 24.4. The molecule has 0 fully saturated rings. The van der Waals surface area contributed by atoms with Gasteiger partial charge in [-0.1, -0.05) is 162 Å². The van der Waals surface area contributed by atoms with Crippen LogP contribution < -0.4 is 10.2 Å². The summed E-state index contributed by atoms with van der Waals surface area (Å²) in [5, 5.41) is 3.51. The van der Waals surface area contributed by atoms with E-state index in [0.717, 1.165) is 99.2 Å². The van der Waals surface area contributed by atoms with Crippen molar-refractivity contribution in [3.8, 4) is 0 Å². The minimum absolute atomic E-state index is 0.227. The average molecular weight is 870 g/mol. The second-order valence-corrected chi connectivity index (χ2v) is 17.5. The molecule has 3 atom stereocenters. The van der Waals surface area contributed by atoms with E-state index in [4.69, 9.17) is 0 Å². The third-order valence-electron chi connectivity index (χ3n) is 11.7. The lowest BCUT2D eigenvalue weighted by molar-refractivity contribution is 0.432. The molecular formula is C62H83N3. The maximum absolute atomic E-state index is 4.51. The van der Waals surface area contributed by atoms with Gasteiger partial charge >= 0.3 is 0 Å². The molecule has 65 heavy (non-hydrogen) atoms. The highest BCUT2D eigenvalue weighted by atomic mass is 15.2. The van der Waals surface area contributed by atoms with E-state index in [1.807, 2.05) is 12.2 Å². The predicted octanol–water partition coefficient (Wildman–Crippen LogP) is 17.4. The van der Waals surface area contributed by atoms with Crippen molar-refractivity contribution in [3.63, 3.8) is 0 Å². The Hall–Kier alpha value is -5.76. The fourth-order valence-corrected chi connectivity index (χ4v) is 7.81. The zero-order valence-corrected chi connectivity index (χ0v) is 41.6. The fourth-order valence-electron chi connectivity index (χ4n) is 7.81. The van der Waals surface area contributed by atoms with Gasteiger partial charge in [0.05, 0.1) is 6.04 Å². The molecule has 3 heteroatoms. The van der Waals surface area contributed by atoms with Gasteiger partial charge in [-0.05, 0) is 157 Å². The predicted molar refractivity (Wildman–Crippen MR) is 289 cm³/mol. The topological polar surface area (TPSA) is 18.5 Å². The smallest absolute Gasteiger partial charge is 0.0544 e. The van der Waals surface area contributed by atoms with Gasteiger partial charge in [-0.2, -0.15) is 0 Å². The zero-order valence-electron chi connectivity index (χ0n) is 41.6. The molecule has 3 unspecified atom stereocenters. The van der Waals surface area contributed by atoms with Crippen molar-refractivity contribution in [2.24, 2.45) is 17.8 Å². The zero-order chi connectivity index (χ0) is 47.2. The molecule has 1 aromatic rings. The molecule has 0 saturated heterocycles. The van der Waals surface area contributed by atoms with Crippen molar-refractivity contribution in [2.45, 2.75) is 126 Å². The molecule has 346 valence electrons. The van der Waals surface area contributed by atoms with Gasteiger partial charge in [-0.25, -0.2) is 0 Å². The summed E-state index contributed by atoms with van der Waals surface area (Å²) in [4.78, 5) is 4.79. The molecule has 2 aliphatic carbocycles. The van der Waals surface area contributed by atoms with Crippen LogP contribution in [-0.2, 0) is 0 Å². The first kappa shape index (κ1) is 53.6. The summed E-state index contributed by atoms with van der Waals surface area (Å²) >= 11 is 0. The van der Waals surface area contributed by atoms with Crippen molar-refractivity contribution in [1.29, 1.82) is 0 Å². The quantitative estimate of drug-likeness (QED) is 0.0514. The second kappa shape index (κ2) is 31.2. The SMILES string of the molecule is C=C/C(=C\C=C(/C)C/C=C\C(=C/CC)C(C)=CC/C=C(\C)NC1=CCCC=C=C1)N(CCCC)C1=CCC(/C=C/CC(C=C)C/C=C\C(=C)N(c2ccccc2)C(/C=C\C)C(C)C)C=C1. The Labute approximate surface area is 397 Å². The van der Waals surface area contributed by atoms with Gasteiger partial charge in [0.15, 0.2) is 0 Å². The van der Waals surface area contributed by atoms with Crippen LogP contribution in [0.2, 0.25) is 0 Å². The van der Waals surface area contributed by atoms with Crippen molar-refractivity contribution in [2.75, 3.05) is 11.4 Å². The van der Waals surface area contributed by atoms with Crippen LogP contribution in [0.4, 0.5) is 5.69 Å². The maximum atomic E-state index is 4.51. The highest BCUT2D eigenvalue weighted by Gasteiger charge is 2.21. The number of anilines is 1. The van der Waals surface area contributed by atoms with Crippen molar-refractivity contribution in [3.05, 3.63) is 229 Å². The van der Waals surface area contributed by atoms with Gasteiger partial charge in [0.2, 0.25) is 0 Å². The van der Waals surface area contributed by atoms with Crippen LogP contribution in [-0.4, -0.2) is 17.5 Å². The van der Waals surface area contributed by atoms with E-state index in [0.29, 0.717) is 17.8 Å². The van der Waals surface area contributed by atoms with E-state index in [9.17, 15) is 0 Å². The Morgan fingerprint density at radius 3 is 2.40 bits per heavy atom. The lowest BCUT2D eigenvalue weighted by Crippen LogP contribution is -2.36. The first-order valence-electron chi connectivity index (χ1n) is 24.4. The summed E-state index contributed by atoms with van der Waals surface area (Å²) in [6, 6.07) is 10.8. The van der Waals surface area contributed by atoms with Crippen LogP contribution in [0.15, 0.2) is 229 Å². The molecular weight excluding hydrogens is 787 g/mol. The molecule has 1 N–H and O–H groups in total. The summed E-state index contributed by atoms with van der Waals surface area (Å²) in [5.74, 6) is 1.17. The summed E-state index contributed by atoms with van der Waals surface area (Å²) in [6.45, 7) is 31.5. The number of benzene rings is 1. The standard InChI is InChI=1S/C62H83N3/c1-12-17-49-64(59(16-5)46-43-51(8)31-25-38-57(29-13-2)52(9)32-26-33-53(10)63-58-39-21-18-19-22-40-58)60-47-44-56(45-48-60)37-28-36-55(15-4)35-27-34-54(11)65(61-41-23-20-24-42-61)62(30-14-3)50(6)7/h14-16,18,20,23-25,27-30,32-34,37-44,46-48,50,55-56,62-63H,4-5,11-13,17,19,22,26,31,35-36,45,49H2,1-3,6-10H3/b30-14-,34-27-,37-28+,38-25-,51-43+,52-32?,53-33+,57-29+,59-46+. The van der Waals surface area contributed by atoms with E-state index in [1.54, 1.807) is 0 Å². The molecule has 0 heterocycles. The van der Waals surface area contributed by atoms with Crippen LogP contribution in [0.1, 0.15) is 120 Å². The van der Waals surface area contributed by atoms with E-state index < -0.39 is 0 Å². The fraction of sp³-hybridized carbons (Fsp3) is 0.371. The van der Waals surface area contributed by atoms with Gasteiger partial charge in [-0.15, -0.1) is 12.3 Å². The highest BCUT2D eigenvalue weighted by Crippen LogP contribution is 2.28. The summed E-state index contributed by atoms with van der Waals surface area (Å²) in [7, 11) is 0. The molecule has 0 spiro atoms. The van der Waals surface area contributed by atoms with Gasteiger partial charge in [0.25, 0.3) is 0 Å². The van der Waals surface area contributed by atoms with Gasteiger partial charge in [0.1, 0.15) is 0 Å². The van der Waals surface area contributed by atoms with Crippen LogP contribution in [0.5, 0.6) is 0 Å². The maximum Gasteiger partial charge on any atom is 0.0544 e. The Balaban J connectivity index is 1.60. The Bertz CT molecular complexity index is 2100. The molecule has 0 bridgehead atoms. The number of rotatable bonds is 28. The minimum Gasteiger partial charge on any atom is -0.359 e. The molecule has 0 saturated carbocycles. The molecule has 3 nitrogen and oxygen atoms in total. The minimum atomic E-state index is 0.227. The van der Waals surface area contributed by atoms with Crippen LogP contribution >= 0.6 is 0 Å². The number of hydrogen-bond donors (Lipinski definition) is 1. The molecule has 1 aromatic carbocycles. The molecule has 0 radical (unpaired) electrons. The number of nitrogens with one attached hydrogen (secondary N) is 1. The van der Waals surface area contributed by atoms with Crippen LogP contribution in [0, 0.1) is 17.8 Å². The summed E-state index contributed by atoms with van der Waals surface area (Å²) in [6.07, 6.45) is 57.0. The normalized spacial score (nSPS) is 17.6. The lowest BCUT2D eigenvalue weighted by atomic mass is 9.95. The Morgan fingerprint density at radius 2 is 1.72 bits per heavy atom. The highest BCUT2D eigenvalue weighted by molar-refractivity contribution is 5.56. The first-order chi connectivity index (χ1) is 31.5. The number of para-hydroxylation sites is 1. The number of unbranched alkanes of at least 4 members (excludes halogenated alkanes) is 1. The van der Waals surface area contributed by atoms with E-state index >= 15 is 0 Å². The largest absolute Gasteiger partial charge is 0.359 e. The van der Waals surface area contributed by atoms with Crippen molar-refractivity contribution < 1.29 is 0 Å². The van der Waals surface area contributed by atoms with Crippen LogP contribution in [0.3, 0.4) is 0 Å². The molecule has 3 rings (SSSR count). The summed E-state index contributed by atoms with van der Waals surface area (Å²) in [5.41, 5.74) is 14.0. The van der Waals surface area contributed by atoms with Crippen molar-refractivity contribution in [1.82, 2.24) is 10.2 Å². The van der Waals surface area contributed by atoms with Gasteiger partial charge < -0.3 is 15.1 Å². The van der Waals surface area contributed by atoms with Gasteiger partial charge in [0, 0.05) is 46.8 Å². The molecule has 0 aliphatic heterocycles. The van der Waals surface area contributed by atoms with Crippen molar-refractivity contribution >= 4 is 5.69 Å².